The zero-order valence-corrected chi connectivity index (χ0v) is 16.8. The summed E-state index contributed by atoms with van der Waals surface area (Å²) in [7, 11) is 1.62. The van der Waals surface area contributed by atoms with Crippen LogP contribution in [-0.4, -0.2) is 62.8 Å². The number of aromatic amines is 1. The molecule has 160 valence electrons. The molecule has 0 spiro atoms. The van der Waals surface area contributed by atoms with E-state index in [-0.39, 0.29) is 11.6 Å². The van der Waals surface area contributed by atoms with E-state index in [4.69, 9.17) is 13.9 Å². The van der Waals surface area contributed by atoms with E-state index in [1.165, 1.54) is 6.26 Å². The van der Waals surface area contributed by atoms with E-state index in [1.54, 1.807) is 36.4 Å². The van der Waals surface area contributed by atoms with E-state index in [1.807, 2.05) is 18.2 Å². The number of amides is 1. The summed E-state index contributed by atoms with van der Waals surface area (Å²) in [5.41, 5.74) is 2.40. The maximum absolute atomic E-state index is 12.8. The number of hydrogen-bond donors (Lipinski definition) is 2. The number of hydrogen-bond acceptors (Lipinski definition) is 8. The first-order valence-electron chi connectivity index (χ1n) is 9.57. The molecule has 4 aromatic rings. The molecule has 1 amide bonds. The molecule has 0 fully saturated rings. The van der Waals surface area contributed by atoms with Crippen molar-refractivity contribution in [3.63, 3.8) is 0 Å². The standard InChI is InChI=1S/C20H21N7O4/c1-29-10-11-30-9-8-27-12-16(18(26-27)14-4-2-3-6-21-14)23-19(28)17-13-31-20(24-17)15-5-7-22-25-15/h2-7,12-13H,8-11H2,1H3,(H,22,25)(H,23,28). The zero-order valence-electron chi connectivity index (χ0n) is 16.8. The molecule has 11 heteroatoms. The fourth-order valence-electron chi connectivity index (χ4n) is 2.78. The number of carbonyl (C=O) groups is 1. The molecule has 4 aromatic heterocycles. The van der Waals surface area contributed by atoms with E-state index in [0.29, 0.717) is 49.1 Å². The maximum atomic E-state index is 12.8. The Labute approximate surface area is 177 Å². The van der Waals surface area contributed by atoms with Crippen LogP contribution in [0.4, 0.5) is 5.69 Å². The zero-order chi connectivity index (χ0) is 21.5. The van der Waals surface area contributed by atoms with E-state index in [0.717, 1.165) is 0 Å². The van der Waals surface area contributed by atoms with Gasteiger partial charge in [0.1, 0.15) is 17.7 Å². The molecule has 0 aliphatic heterocycles. The summed E-state index contributed by atoms with van der Waals surface area (Å²) in [6.45, 7) is 1.99. The Balaban J connectivity index is 1.51. The van der Waals surface area contributed by atoms with Gasteiger partial charge in [-0.15, -0.1) is 0 Å². The van der Waals surface area contributed by atoms with Gasteiger partial charge in [0.2, 0.25) is 5.89 Å². The number of oxazole rings is 1. The van der Waals surface area contributed by atoms with Gasteiger partial charge in [-0.1, -0.05) is 6.07 Å². The molecule has 0 radical (unpaired) electrons. The Morgan fingerprint density at radius 3 is 2.94 bits per heavy atom. The fourth-order valence-corrected chi connectivity index (χ4v) is 2.78. The number of methoxy groups -OCH3 is 1. The Hall–Kier alpha value is -3.83. The summed E-state index contributed by atoms with van der Waals surface area (Å²) >= 11 is 0. The summed E-state index contributed by atoms with van der Waals surface area (Å²) in [6, 6.07) is 7.19. The normalized spacial score (nSPS) is 11.0. The molecule has 31 heavy (non-hydrogen) atoms. The molecule has 0 bridgehead atoms. The van der Waals surface area contributed by atoms with Crippen molar-refractivity contribution >= 4 is 11.6 Å². The number of carbonyl (C=O) groups excluding carboxylic acids is 1. The van der Waals surface area contributed by atoms with Gasteiger partial charge in [-0.3, -0.25) is 19.6 Å². The van der Waals surface area contributed by atoms with E-state index >= 15 is 0 Å². The van der Waals surface area contributed by atoms with Crippen LogP contribution >= 0.6 is 0 Å². The second kappa shape index (κ2) is 9.78. The molecule has 0 saturated heterocycles. The first-order valence-corrected chi connectivity index (χ1v) is 9.57. The lowest BCUT2D eigenvalue weighted by atomic mass is 10.2. The molecular weight excluding hydrogens is 402 g/mol. The average molecular weight is 423 g/mol. The lowest BCUT2D eigenvalue weighted by Gasteiger charge is -2.03. The van der Waals surface area contributed by atoms with E-state index in [9.17, 15) is 4.79 Å². The van der Waals surface area contributed by atoms with Crippen molar-refractivity contribution in [3.8, 4) is 23.0 Å². The largest absolute Gasteiger partial charge is 0.442 e. The Kier molecular flexibility index (Phi) is 6.45. The number of rotatable bonds is 10. The number of nitrogens with zero attached hydrogens (tertiary/aromatic N) is 5. The average Bonchev–Trinajstić information content (AvgIpc) is 3.55. The van der Waals surface area contributed by atoms with Crippen LogP contribution in [0.25, 0.3) is 23.0 Å². The Morgan fingerprint density at radius 2 is 2.16 bits per heavy atom. The van der Waals surface area contributed by atoms with Gasteiger partial charge in [0, 0.05) is 25.7 Å². The number of nitrogens with one attached hydrogen (secondary N) is 2. The first kappa shape index (κ1) is 20.4. The molecule has 4 heterocycles. The van der Waals surface area contributed by atoms with Crippen molar-refractivity contribution in [1.29, 1.82) is 0 Å². The van der Waals surface area contributed by atoms with Crippen molar-refractivity contribution in [2.24, 2.45) is 0 Å². The van der Waals surface area contributed by atoms with Gasteiger partial charge in [-0.05, 0) is 18.2 Å². The number of anilines is 1. The van der Waals surface area contributed by atoms with Crippen molar-refractivity contribution in [3.05, 3.63) is 54.8 Å². The second-order valence-electron chi connectivity index (χ2n) is 6.44. The van der Waals surface area contributed by atoms with Crippen LogP contribution < -0.4 is 5.32 Å². The lowest BCUT2D eigenvalue weighted by Crippen LogP contribution is -2.12. The topological polar surface area (TPSA) is 133 Å². The number of ether oxygens (including phenoxy) is 2. The maximum Gasteiger partial charge on any atom is 0.277 e. The monoisotopic (exact) mass is 423 g/mol. The van der Waals surface area contributed by atoms with Gasteiger partial charge in [0.05, 0.1) is 37.7 Å². The predicted octanol–water partition coefficient (Wildman–Crippen LogP) is 2.24. The lowest BCUT2D eigenvalue weighted by molar-refractivity contribution is 0.0654. The molecule has 4 rings (SSSR count). The van der Waals surface area contributed by atoms with E-state index in [2.05, 4.69) is 30.6 Å². The molecule has 11 nitrogen and oxygen atoms in total. The van der Waals surface area contributed by atoms with Crippen LogP contribution in [0.3, 0.4) is 0 Å². The molecule has 0 aliphatic rings. The van der Waals surface area contributed by atoms with Crippen molar-refractivity contribution in [2.75, 3.05) is 32.2 Å². The molecular formula is C20H21N7O4. The minimum absolute atomic E-state index is 0.132. The third-order valence-corrected chi connectivity index (χ3v) is 4.28. The summed E-state index contributed by atoms with van der Waals surface area (Å²) in [5, 5.41) is 14.0. The molecule has 0 saturated carbocycles. The Bertz CT molecular complexity index is 1110. The Morgan fingerprint density at radius 1 is 1.23 bits per heavy atom. The molecule has 0 unspecified atom stereocenters. The van der Waals surface area contributed by atoms with Gasteiger partial charge in [0.15, 0.2) is 5.69 Å². The van der Waals surface area contributed by atoms with Gasteiger partial charge in [-0.25, -0.2) is 4.98 Å². The second-order valence-corrected chi connectivity index (χ2v) is 6.44. The minimum Gasteiger partial charge on any atom is -0.442 e. The highest BCUT2D eigenvalue weighted by molar-refractivity contribution is 6.04. The van der Waals surface area contributed by atoms with Gasteiger partial charge in [-0.2, -0.15) is 10.2 Å². The predicted molar refractivity (Wildman–Crippen MR) is 110 cm³/mol. The van der Waals surface area contributed by atoms with E-state index < -0.39 is 5.91 Å². The number of pyridine rings is 1. The SMILES string of the molecule is COCCOCCn1cc(NC(=O)c2coc(-c3ccn[nH]3)n2)c(-c2ccccn2)n1. The smallest absolute Gasteiger partial charge is 0.277 e. The van der Waals surface area contributed by atoms with Crippen LogP contribution in [0.2, 0.25) is 0 Å². The first-order chi connectivity index (χ1) is 15.2. The van der Waals surface area contributed by atoms with Crippen LogP contribution in [0, 0.1) is 0 Å². The highest BCUT2D eigenvalue weighted by atomic mass is 16.5. The molecule has 0 aromatic carbocycles. The molecule has 2 N–H and O–H groups in total. The summed E-state index contributed by atoms with van der Waals surface area (Å²) in [4.78, 5) is 21.3. The summed E-state index contributed by atoms with van der Waals surface area (Å²) in [5.74, 6) is -0.154. The minimum atomic E-state index is -0.428. The van der Waals surface area contributed by atoms with Gasteiger partial charge in [0.25, 0.3) is 5.91 Å². The third kappa shape index (κ3) is 5.02. The van der Waals surface area contributed by atoms with Crippen molar-refractivity contribution < 1.29 is 18.7 Å². The van der Waals surface area contributed by atoms with Gasteiger partial charge >= 0.3 is 0 Å². The van der Waals surface area contributed by atoms with Crippen molar-refractivity contribution in [2.45, 2.75) is 6.54 Å². The number of aromatic nitrogens is 6. The third-order valence-electron chi connectivity index (χ3n) is 4.28. The fraction of sp³-hybridized carbons (Fsp3) is 0.250. The van der Waals surface area contributed by atoms with Crippen LogP contribution in [-0.2, 0) is 16.0 Å². The van der Waals surface area contributed by atoms with Crippen LogP contribution in [0.1, 0.15) is 10.5 Å². The van der Waals surface area contributed by atoms with Crippen LogP contribution in [0.15, 0.2) is 53.5 Å². The van der Waals surface area contributed by atoms with Crippen LogP contribution in [0.5, 0.6) is 0 Å². The summed E-state index contributed by atoms with van der Waals surface area (Å²) < 4.78 is 17.5. The van der Waals surface area contributed by atoms with Crippen molar-refractivity contribution in [1.82, 2.24) is 29.9 Å². The highest BCUT2D eigenvalue weighted by Crippen LogP contribution is 2.25. The highest BCUT2D eigenvalue weighted by Gasteiger charge is 2.19. The molecule has 0 aliphatic carbocycles. The number of H-pyrrole nitrogens is 1. The summed E-state index contributed by atoms with van der Waals surface area (Å²) in [6.07, 6.45) is 6.27. The quantitative estimate of drug-likeness (QED) is 0.371. The van der Waals surface area contributed by atoms with Gasteiger partial charge < -0.3 is 19.2 Å². The molecule has 0 atom stereocenters.